The number of imidazole rings is 1. The number of nitrogens with zero attached hydrogens (tertiary/aromatic N) is 3. The zero-order chi connectivity index (χ0) is 17.5. The first-order valence-corrected chi connectivity index (χ1v) is 9.36. The van der Waals surface area contributed by atoms with Crippen molar-refractivity contribution < 1.29 is 5.11 Å². The van der Waals surface area contributed by atoms with Crippen molar-refractivity contribution in [3.8, 4) is 11.5 Å². The standard InChI is InChI=1S/C21H27N3O/c1-2-3-4-5-6-9-15-24-20-14-8-7-12-18(20)23-21(24)19-13-10-11-17(16-25)22-19/h7-8,10-14,25H,2-6,9,15-16H2,1H3. The lowest BCUT2D eigenvalue weighted by Gasteiger charge is -2.09. The van der Waals surface area contributed by atoms with Gasteiger partial charge in [0, 0.05) is 6.54 Å². The first kappa shape index (κ1) is 17.6. The summed E-state index contributed by atoms with van der Waals surface area (Å²) in [5, 5.41) is 9.37. The van der Waals surface area contributed by atoms with Crippen LogP contribution in [0, 0.1) is 0 Å². The van der Waals surface area contributed by atoms with Crippen LogP contribution in [0.1, 0.15) is 51.1 Å². The zero-order valence-corrected chi connectivity index (χ0v) is 15.0. The maximum atomic E-state index is 9.37. The molecule has 0 saturated heterocycles. The third kappa shape index (κ3) is 4.26. The Morgan fingerprint density at radius 1 is 0.880 bits per heavy atom. The van der Waals surface area contributed by atoms with Gasteiger partial charge in [-0.25, -0.2) is 9.97 Å². The van der Waals surface area contributed by atoms with Crippen LogP contribution < -0.4 is 0 Å². The first-order chi connectivity index (χ1) is 12.3. The minimum absolute atomic E-state index is 0.0501. The van der Waals surface area contributed by atoms with Crippen molar-refractivity contribution in [1.29, 1.82) is 0 Å². The highest BCUT2D eigenvalue weighted by molar-refractivity contribution is 5.79. The highest BCUT2D eigenvalue weighted by atomic mass is 16.3. The summed E-state index contributed by atoms with van der Waals surface area (Å²) in [6.45, 7) is 3.15. The normalized spacial score (nSPS) is 11.3. The second-order valence-corrected chi connectivity index (χ2v) is 6.52. The Morgan fingerprint density at radius 2 is 1.68 bits per heavy atom. The quantitative estimate of drug-likeness (QED) is 0.562. The Bertz CT molecular complexity index is 810. The predicted molar refractivity (Wildman–Crippen MR) is 102 cm³/mol. The lowest BCUT2D eigenvalue weighted by Crippen LogP contribution is -2.03. The molecule has 0 radical (unpaired) electrons. The molecule has 1 N–H and O–H groups in total. The van der Waals surface area contributed by atoms with E-state index in [0.29, 0.717) is 5.69 Å². The van der Waals surface area contributed by atoms with Gasteiger partial charge in [0.15, 0.2) is 5.82 Å². The van der Waals surface area contributed by atoms with Gasteiger partial charge in [-0.05, 0) is 30.7 Å². The van der Waals surface area contributed by atoms with E-state index in [1.165, 1.54) is 32.1 Å². The van der Waals surface area contributed by atoms with Crippen LogP contribution in [0.25, 0.3) is 22.6 Å². The lowest BCUT2D eigenvalue weighted by molar-refractivity contribution is 0.277. The summed E-state index contributed by atoms with van der Waals surface area (Å²) in [5.74, 6) is 0.894. The number of unbranched alkanes of at least 4 members (excludes halogenated alkanes) is 5. The summed E-state index contributed by atoms with van der Waals surface area (Å²) >= 11 is 0. The highest BCUT2D eigenvalue weighted by Crippen LogP contribution is 2.24. The van der Waals surface area contributed by atoms with Crippen molar-refractivity contribution in [2.24, 2.45) is 0 Å². The maximum absolute atomic E-state index is 9.37. The van der Waals surface area contributed by atoms with Gasteiger partial charge in [-0.3, -0.25) is 0 Å². The third-order valence-electron chi connectivity index (χ3n) is 4.59. The Hall–Kier alpha value is -2.20. The molecule has 0 fully saturated rings. The van der Waals surface area contributed by atoms with Crippen LogP contribution in [0.15, 0.2) is 42.5 Å². The number of aliphatic hydroxyl groups excluding tert-OH is 1. The van der Waals surface area contributed by atoms with E-state index in [9.17, 15) is 5.11 Å². The van der Waals surface area contributed by atoms with Gasteiger partial charge in [0.2, 0.25) is 0 Å². The van der Waals surface area contributed by atoms with Crippen molar-refractivity contribution in [1.82, 2.24) is 14.5 Å². The summed E-state index contributed by atoms with van der Waals surface area (Å²) in [6, 6.07) is 14.0. The summed E-state index contributed by atoms with van der Waals surface area (Å²) in [4.78, 5) is 9.36. The molecule has 0 aliphatic heterocycles. The van der Waals surface area contributed by atoms with E-state index in [2.05, 4.69) is 28.6 Å². The van der Waals surface area contributed by atoms with Gasteiger partial charge in [0.25, 0.3) is 0 Å². The van der Waals surface area contributed by atoms with Crippen LogP contribution in [0.2, 0.25) is 0 Å². The van der Waals surface area contributed by atoms with E-state index in [0.717, 1.165) is 35.5 Å². The number of hydrogen-bond acceptors (Lipinski definition) is 3. The molecule has 25 heavy (non-hydrogen) atoms. The molecule has 0 atom stereocenters. The van der Waals surface area contributed by atoms with E-state index in [1.807, 2.05) is 30.3 Å². The van der Waals surface area contributed by atoms with Gasteiger partial charge in [-0.15, -0.1) is 0 Å². The van der Waals surface area contributed by atoms with E-state index in [1.54, 1.807) is 0 Å². The summed E-state index contributed by atoms with van der Waals surface area (Å²) in [6.07, 6.45) is 7.63. The fourth-order valence-corrected chi connectivity index (χ4v) is 3.24. The van der Waals surface area contributed by atoms with E-state index in [-0.39, 0.29) is 6.61 Å². The zero-order valence-electron chi connectivity index (χ0n) is 15.0. The molecule has 0 bridgehead atoms. The van der Waals surface area contributed by atoms with Crippen molar-refractivity contribution in [2.75, 3.05) is 0 Å². The summed E-state index contributed by atoms with van der Waals surface area (Å²) in [5.41, 5.74) is 3.66. The van der Waals surface area contributed by atoms with Crippen LogP contribution in [0.5, 0.6) is 0 Å². The average molecular weight is 337 g/mol. The van der Waals surface area contributed by atoms with E-state index in [4.69, 9.17) is 4.98 Å². The van der Waals surface area contributed by atoms with Gasteiger partial charge in [0.05, 0.1) is 23.3 Å². The SMILES string of the molecule is CCCCCCCCn1c(-c2cccc(CO)n2)nc2ccccc21. The van der Waals surface area contributed by atoms with Gasteiger partial charge < -0.3 is 9.67 Å². The lowest BCUT2D eigenvalue weighted by atomic mass is 10.1. The van der Waals surface area contributed by atoms with Crippen LogP contribution in [-0.2, 0) is 13.2 Å². The molecule has 4 nitrogen and oxygen atoms in total. The smallest absolute Gasteiger partial charge is 0.159 e. The molecule has 0 aliphatic rings. The number of benzene rings is 1. The highest BCUT2D eigenvalue weighted by Gasteiger charge is 2.13. The Kier molecular flexibility index (Phi) is 6.18. The molecule has 132 valence electrons. The molecule has 3 aromatic rings. The van der Waals surface area contributed by atoms with Crippen molar-refractivity contribution in [3.05, 3.63) is 48.2 Å². The summed E-state index contributed by atoms with van der Waals surface area (Å²) in [7, 11) is 0. The molecule has 0 spiro atoms. The van der Waals surface area contributed by atoms with Crippen LogP contribution in [-0.4, -0.2) is 19.6 Å². The molecule has 0 unspecified atom stereocenters. The number of para-hydroxylation sites is 2. The van der Waals surface area contributed by atoms with Crippen LogP contribution in [0.3, 0.4) is 0 Å². The number of pyridine rings is 1. The molecule has 2 heterocycles. The molecule has 0 aliphatic carbocycles. The molecular weight excluding hydrogens is 310 g/mol. The van der Waals surface area contributed by atoms with Gasteiger partial charge in [-0.1, -0.05) is 57.2 Å². The molecular formula is C21H27N3O. The predicted octanol–water partition coefficient (Wildman–Crippen LogP) is 4.95. The molecule has 4 heteroatoms. The van der Waals surface area contributed by atoms with Crippen molar-refractivity contribution >= 4 is 11.0 Å². The second-order valence-electron chi connectivity index (χ2n) is 6.52. The van der Waals surface area contributed by atoms with Gasteiger partial charge in [-0.2, -0.15) is 0 Å². The Labute approximate surface area is 149 Å². The maximum Gasteiger partial charge on any atom is 0.159 e. The monoisotopic (exact) mass is 337 g/mol. The Morgan fingerprint density at radius 3 is 2.52 bits per heavy atom. The molecule has 3 rings (SSSR count). The van der Waals surface area contributed by atoms with Gasteiger partial charge in [0.1, 0.15) is 5.69 Å². The number of hydrogen-bond donors (Lipinski definition) is 1. The van der Waals surface area contributed by atoms with E-state index < -0.39 is 0 Å². The fraction of sp³-hybridized carbons (Fsp3) is 0.429. The number of aliphatic hydroxyl groups is 1. The topological polar surface area (TPSA) is 50.9 Å². The Balaban J connectivity index is 1.84. The van der Waals surface area contributed by atoms with Crippen molar-refractivity contribution in [3.63, 3.8) is 0 Å². The minimum atomic E-state index is -0.0501. The van der Waals surface area contributed by atoms with Crippen molar-refractivity contribution in [2.45, 2.75) is 58.6 Å². The van der Waals surface area contributed by atoms with E-state index >= 15 is 0 Å². The molecule has 0 saturated carbocycles. The van der Waals surface area contributed by atoms with Gasteiger partial charge >= 0.3 is 0 Å². The minimum Gasteiger partial charge on any atom is -0.390 e. The second kappa shape index (κ2) is 8.77. The molecule has 1 aromatic carbocycles. The largest absolute Gasteiger partial charge is 0.390 e. The van der Waals surface area contributed by atoms with Crippen LogP contribution in [0.4, 0.5) is 0 Å². The number of aromatic nitrogens is 3. The third-order valence-corrected chi connectivity index (χ3v) is 4.59. The molecule has 2 aromatic heterocycles. The average Bonchev–Trinajstić information content (AvgIpc) is 3.03. The number of rotatable bonds is 9. The summed E-state index contributed by atoms with van der Waals surface area (Å²) < 4.78 is 2.28. The molecule has 0 amide bonds. The first-order valence-electron chi connectivity index (χ1n) is 9.36. The number of fused-ring (bicyclic) bond motifs is 1. The van der Waals surface area contributed by atoms with Crippen LogP contribution >= 0.6 is 0 Å². The fourth-order valence-electron chi connectivity index (χ4n) is 3.24. The number of aryl methyl sites for hydroxylation is 1.